The zero-order valence-corrected chi connectivity index (χ0v) is 12.5. The Morgan fingerprint density at radius 1 is 1.19 bits per heavy atom. The first-order chi connectivity index (χ1) is 10.3. The monoisotopic (exact) mass is 279 g/mol. The number of aromatic nitrogens is 2. The summed E-state index contributed by atoms with van der Waals surface area (Å²) >= 11 is 0. The van der Waals surface area contributed by atoms with Crippen molar-refractivity contribution in [2.75, 3.05) is 6.54 Å². The molecule has 108 valence electrons. The van der Waals surface area contributed by atoms with Crippen LogP contribution in [-0.4, -0.2) is 21.4 Å². The molecular weight excluding hydrogens is 258 g/mol. The topological polar surface area (TPSA) is 29.0 Å². The summed E-state index contributed by atoms with van der Waals surface area (Å²) in [6.07, 6.45) is 5.68. The Labute approximate surface area is 126 Å². The SMILES string of the molecule is Cc1ccc(CN2CCc3cnc(C4CC4)nc3C2)cc1. The lowest BCUT2D eigenvalue weighted by Crippen LogP contribution is -2.31. The molecule has 1 saturated carbocycles. The minimum absolute atomic E-state index is 0.641. The third-order valence-electron chi connectivity index (χ3n) is 4.51. The fraction of sp³-hybridized carbons (Fsp3) is 0.444. The van der Waals surface area contributed by atoms with Gasteiger partial charge >= 0.3 is 0 Å². The third kappa shape index (κ3) is 2.84. The average Bonchev–Trinajstić information content (AvgIpc) is 3.34. The summed E-state index contributed by atoms with van der Waals surface area (Å²) < 4.78 is 0. The summed E-state index contributed by atoms with van der Waals surface area (Å²) in [5.41, 5.74) is 5.31. The Morgan fingerprint density at radius 2 is 2.00 bits per heavy atom. The quantitative estimate of drug-likeness (QED) is 0.864. The van der Waals surface area contributed by atoms with Gasteiger partial charge in [0.15, 0.2) is 0 Å². The van der Waals surface area contributed by atoms with Crippen molar-refractivity contribution >= 4 is 0 Å². The molecule has 1 aromatic heterocycles. The molecule has 1 aromatic carbocycles. The highest BCUT2D eigenvalue weighted by Gasteiger charge is 2.28. The van der Waals surface area contributed by atoms with Crippen LogP contribution in [0.1, 0.15) is 47.0 Å². The van der Waals surface area contributed by atoms with Gasteiger partial charge in [0, 0.05) is 31.7 Å². The maximum absolute atomic E-state index is 4.83. The zero-order valence-electron chi connectivity index (χ0n) is 12.5. The van der Waals surface area contributed by atoms with E-state index in [1.807, 2.05) is 0 Å². The zero-order chi connectivity index (χ0) is 14.2. The highest BCUT2D eigenvalue weighted by atomic mass is 15.1. The van der Waals surface area contributed by atoms with Gasteiger partial charge in [-0.1, -0.05) is 29.8 Å². The van der Waals surface area contributed by atoms with E-state index in [4.69, 9.17) is 4.98 Å². The average molecular weight is 279 g/mol. The van der Waals surface area contributed by atoms with Crippen LogP contribution in [0.5, 0.6) is 0 Å². The molecule has 0 bridgehead atoms. The second-order valence-corrected chi connectivity index (χ2v) is 6.42. The van der Waals surface area contributed by atoms with Gasteiger partial charge in [-0.2, -0.15) is 0 Å². The lowest BCUT2D eigenvalue weighted by molar-refractivity contribution is 0.240. The molecule has 0 N–H and O–H groups in total. The summed E-state index contributed by atoms with van der Waals surface area (Å²) in [5, 5.41) is 0. The number of rotatable bonds is 3. The molecule has 1 aliphatic carbocycles. The number of hydrogen-bond acceptors (Lipinski definition) is 3. The summed E-state index contributed by atoms with van der Waals surface area (Å²) in [4.78, 5) is 11.9. The van der Waals surface area contributed by atoms with Crippen LogP contribution in [0.25, 0.3) is 0 Å². The highest BCUT2D eigenvalue weighted by molar-refractivity contribution is 5.24. The van der Waals surface area contributed by atoms with Crippen molar-refractivity contribution in [3.8, 4) is 0 Å². The van der Waals surface area contributed by atoms with Crippen molar-refractivity contribution in [2.45, 2.75) is 45.2 Å². The smallest absolute Gasteiger partial charge is 0.131 e. The summed E-state index contributed by atoms with van der Waals surface area (Å²) in [7, 11) is 0. The van der Waals surface area contributed by atoms with Gasteiger partial charge in [0.05, 0.1) is 5.69 Å². The van der Waals surface area contributed by atoms with E-state index < -0.39 is 0 Å². The maximum atomic E-state index is 4.83. The van der Waals surface area contributed by atoms with Crippen LogP contribution in [-0.2, 0) is 19.5 Å². The second-order valence-electron chi connectivity index (χ2n) is 6.42. The minimum atomic E-state index is 0.641. The molecule has 0 spiro atoms. The summed E-state index contributed by atoms with van der Waals surface area (Å²) in [6.45, 7) is 5.22. The van der Waals surface area contributed by atoms with E-state index in [1.54, 1.807) is 0 Å². The molecule has 1 fully saturated rings. The van der Waals surface area contributed by atoms with Gasteiger partial charge in [0.1, 0.15) is 5.82 Å². The van der Waals surface area contributed by atoms with Gasteiger partial charge in [-0.3, -0.25) is 4.90 Å². The fourth-order valence-electron chi connectivity index (χ4n) is 3.00. The molecule has 1 aliphatic heterocycles. The predicted octanol–water partition coefficient (Wildman–Crippen LogP) is 3.22. The largest absolute Gasteiger partial charge is 0.293 e. The van der Waals surface area contributed by atoms with Crippen LogP contribution in [0.4, 0.5) is 0 Å². The first-order valence-electron chi connectivity index (χ1n) is 7.90. The molecule has 0 unspecified atom stereocenters. The highest BCUT2D eigenvalue weighted by Crippen LogP contribution is 2.38. The molecular formula is C18H21N3. The number of fused-ring (bicyclic) bond motifs is 1. The lowest BCUT2D eigenvalue weighted by Gasteiger charge is -2.28. The van der Waals surface area contributed by atoms with Gasteiger partial charge in [-0.15, -0.1) is 0 Å². The molecule has 3 heteroatoms. The van der Waals surface area contributed by atoms with Crippen molar-refractivity contribution in [1.29, 1.82) is 0 Å². The maximum Gasteiger partial charge on any atom is 0.131 e. The van der Waals surface area contributed by atoms with Crippen LogP contribution in [0.2, 0.25) is 0 Å². The van der Waals surface area contributed by atoms with Crippen LogP contribution in [0.3, 0.4) is 0 Å². The molecule has 0 saturated heterocycles. The Morgan fingerprint density at radius 3 is 2.76 bits per heavy atom. The van der Waals surface area contributed by atoms with E-state index in [2.05, 4.69) is 47.3 Å². The van der Waals surface area contributed by atoms with E-state index >= 15 is 0 Å². The van der Waals surface area contributed by atoms with Crippen molar-refractivity contribution in [3.63, 3.8) is 0 Å². The summed E-state index contributed by atoms with van der Waals surface area (Å²) in [5.74, 6) is 1.72. The Bertz CT molecular complexity index is 644. The van der Waals surface area contributed by atoms with E-state index in [9.17, 15) is 0 Å². The lowest BCUT2D eigenvalue weighted by atomic mass is 10.1. The molecule has 2 aliphatic rings. The van der Waals surface area contributed by atoms with Gasteiger partial charge in [-0.25, -0.2) is 9.97 Å². The first kappa shape index (κ1) is 13.0. The van der Waals surface area contributed by atoms with Gasteiger partial charge in [0.2, 0.25) is 0 Å². The molecule has 0 atom stereocenters. The van der Waals surface area contributed by atoms with Crippen molar-refractivity contribution < 1.29 is 0 Å². The molecule has 3 nitrogen and oxygen atoms in total. The van der Waals surface area contributed by atoms with Crippen LogP contribution in [0.15, 0.2) is 30.5 Å². The Hall–Kier alpha value is -1.74. The third-order valence-corrected chi connectivity index (χ3v) is 4.51. The molecule has 2 heterocycles. The van der Waals surface area contributed by atoms with Crippen molar-refractivity contribution in [1.82, 2.24) is 14.9 Å². The van der Waals surface area contributed by atoms with Gasteiger partial charge in [0.25, 0.3) is 0 Å². The first-order valence-corrected chi connectivity index (χ1v) is 7.90. The Balaban J connectivity index is 1.49. The van der Waals surface area contributed by atoms with Crippen molar-refractivity contribution in [3.05, 3.63) is 58.7 Å². The molecule has 0 amide bonds. The normalized spacial score (nSPS) is 18.5. The number of hydrogen-bond donors (Lipinski definition) is 0. The number of nitrogens with zero attached hydrogens (tertiary/aromatic N) is 3. The summed E-state index contributed by atoms with van der Waals surface area (Å²) in [6, 6.07) is 8.86. The van der Waals surface area contributed by atoms with Crippen molar-refractivity contribution in [2.24, 2.45) is 0 Å². The molecule has 2 aromatic rings. The predicted molar refractivity (Wildman–Crippen MR) is 83.0 cm³/mol. The molecule has 21 heavy (non-hydrogen) atoms. The minimum Gasteiger partial charge on any atom is -0.293 e. The molecule has 0 radical (unpaired) electrons. The second kappa shape index (κ2) is 5.23. The van der Waals surface area contributed by atoms with Gasteiger partial charge < -0.3 is 0 Å². The fourth-order valence-corrected chi connectivity index (χ4v) is 3.00. The van der Waals surface area contributed by atoms with E-state index in [0.29, 0.717) is 5.92 Å². The van der Waals surface area contributed by atoms with Crippen LogP contribution in [0, 0.1) is 6.92 Å². The van der Waals surface area contributed by atoms with Gasteiger partial charge in [-0.05, 0) is 37.3 Å². The Kier molecular flexibility index (Phi) is 3.23. The van der Waals surface area contributed by atoms with E-state index in [1.165, 1.54) is 35.2 Å². The molecule has 4 rings (SSSR count). The standard InChI is InChI=1S/C18H21N3/c1-13-2-4-14(5-3-13)11-21-9-8-16-10-19-18(15-6-7-15)20-17(16)12-21/h2-5,10,15H,6-9,11-12H2,1H3. The number of aryl methyl sites for hydroxylation is 1. The number of benzene rings is 1. The van der Waals surface area contributed by atoms with E-state index in [-0.39, 0.29) is 0 Å². The van der Waals surface area contributed by atoms with Crippen LogP contribution < -0.4 is 0 Å². The van der Waals surface area contributed by atoms with E-state index in [0.717, 1.165) is 31.9 Å². The van der Waals surface area contributed by atoms with Crippen LogP contribution >= 0.6 is 0 Å².